The Labute approximate surface area is 112 Å². The van der Waals surface area contributed by atoms with Gasteiger partial charge in [-0.1, -0.05) is 33.1 Å². The smallest absolute Gasteiger partial charge is 0.160 e. The molecule has 0 amide bonds. The number of rotatable bonds is 5. The molecule has 0 aromatic heterocycles. The van der Waals surface area contributed by atoms with Gasteiger partial charge < -0.3 is 9.47 Å². The predicted octanol–water partition coefficient (Wildman–Crippen LogP) is 4.52. The zero-order valence-electron chi connectivity index (χ0n) is 12.2. The first-order valence-electron chi connectivity index (χ1n) is 8.10. The van der Waals surface area contributed by atoms with Crippen molar-refractivity contribution in [1.29, 1.82) is 0 Å². The third-order valence-corrected chi connectivity index (χ3v) is 4.63. The highest BCUT2D eigenvalue weighted by Gasteiger charge is 2.32. The summed E-state index contributed by atoms with van der Waals surface area (Å²) in [5, 5.41) is 0. The quantitative estimate of drug-likeness (QED) is 0.718. The van der Waals surface area contributed by atoms with Crippen LogP contribution in [0.4, 0.5) is 0 Å². The third-order valence-electron chi connectivity index (χ3n) is 4.63. The summed E-state index contributed by atoms with van der Waals surface area (Å²) in [5.74, 6) is 1.64. The van der Waals surface area contributed by atoms with E-state index in [9.17, 15) is 0 Å². The van der Waals surface area contributed by atoms with E-state index in [1.54, 1.807) is 0 Å². The van der Waals surface area contributed by atoms with Crippen molar-refractivity contribution in [2.45, 2.75) is 84.0 Å². The maximum absolute atomic E-state index is 6.14. The van der Waals surface area contributed by atoms with E-state index in [0.29, 0.717) is 12.0 Å². The lowest BCUT2D eigenvalue weighted by Crippen LogP contribution is -2.38. The highest BCUT2D eigenvalue weighted by Crippen LogP contribution is 2.36. The van der Waals surface area contributed by atoms with Crippen molar-refractivity contribution in [1.82, 2.24) is 0 Å². The number of hydrogen-bond donors (Lipinski definition) is 0. The standard InChI is InChI=1S/C16H30O2/c1-3-5-13-7-9-14(10-8-13)16-17-12-11-15(18-16)6-4-2/h13-16H,3-12H2,1-2H3. The van der Waals surface area contributed by atoms with E-state index in [1.807, 2.05) is 0 Å². The number of hydrogen-bond acceptors (Lipinski definition) is 2. The molecule has 2 unspecified atom stereocenters. The minimum absolute atomic E-state index is 0.109. The van der Waals surface area contributed by atoms with Crippen molar-refractivity contribution in [2.24, 2.45) is 11.8 Å². The van der Waals surface area contributed by atoms with Gasteiger partial charge in [0.25, 0.3) is 0 Å². The molecule has 0 aromatic carbocycles. The van der Waals surface area contributed by atoms with Crippen LogP contribution in [0.1, 0.15) is 71.6 Å². The zero-order chi connectivity index (χ0) is 12.8. The lowest BCUT2D eigenvalue weighted by molar-refractivity contribution is -0.241. The summed E-state index contributed by atoms with van der Waals surface area (Å²) < 4.78 is 12.0. The lowest BCUT2D eigenvalue weighted by Gasteiger charge is -2.38. The molecule has 2 aliphatic rings. The van der Waals surface area contributed by atoms with Crippen LogP contribution in [-0.4, -0.2) is 19.0 Å². The molecular weight excluding hydrogens is 224 g/mol. The van der Waals surface area contributed by atoms with Crippen LogP contribution in [-0.2, 0) is 9.47 Å². The van der Waals surface area contributed by atoms with Gasteiger partial charge in [-0.05, 0) is 44.4 Å². The second-order valence-electron chi connectivity index (χ2n) is 6.14. The van der Waals surface area contributed by atoms with Gasteiger partial charge in [0.1, 0.15) is 0 Å². The van der Waals surface area contributed by atoms with Gasteiger partial charge in [-0.3, -0.25) is 0 Å². The highest BCUT2D eigenvalue weighted by molar-refractivity contribution is 4.77. The molecule has 0 aromatic rings. The van der Waals surface area contributed by atoms with E-state index < -0.39 is 0 Å². The van der Waals surface area contributed by atoms with Gasteiger partial charge in [-0.2, -0.15) is 0 Å². The van der Waals surface area contributed by atoms with E-state index in [0.717, 1.165) is 18.9 Å². The van der Waals surface area contributed by atoms with E-state index in [-0.39, 0.29) is 6.29 Å². The summed E-state index contributed by atoms with van der Waals surface area (Å²) in [7, 11) is 0. The van der Waals surface area contributed by atoms with Crippen molar-refractivity contribution < 1.29 is 9.47 Å². The zero-order valence-corrected chi connectivity index (χ0v) is 12.2. The van der Waals surface area contributed by atoms with E-state index in [4.69, 9.17) is 9.47 Å². The second-order valence-corrected chi connectivity index (χ2v) is 6.14. The van der Waals surface area contributed by atoms with Crippen molar-refractivity contribution in [3.63, 3.8) is 0 Å². The Kier molecular flexibility index (Phi) is 5.97. The van der Waals surface area contributed by atoms with Crippen molar-refractivity contribution >= 4 is 0 Å². The molecule has 1 aliphatic heterocycles. The fourth-order valence-electron chi connectivity index (χ4n) is 3.55. The summed E-state index contributed by atoms with van der Waals surface area (Å²) in [6, 6.07) is 0. The summed E-state index contributed by atoms with van der Waals surface area (Å²) in [6.07, 6.45) is 12.2. The first-order chi connectivity index (χ1) is 8.83. The van der Waals surface area contributed by atoms with Gasteiger partial charge >= 0.3 is 0 Å². The summed E-state index contributed by atoms with van der Waals surface area (Å²) >= 11 is 0. The third kappa shape index (κ3) is 3.96. The molecule has 0 radical (unpaired) electrons. The molecule has 1 aliphatic carbocycles. The summed E-state index contributed by atoms with van der Waals surface area (Å²) in [5.41, 5.74) is 0. The molecule has 1 saturated heterocycles. The van der Waals surface area contributed by atoms with Gasteiger partial charge in [0, 0.05) is 5.92 Å². The Morgan fingerprint density at radius 3 is 2.28 bits per heavy atom. The average Bonchev–Trinajstić information content (AvgIpc) is 2.41. The van der Waals surface area contributed by atoms with Gasteiger partial charge in [0.15, 0.2) is 6.29 Å². The van der Waals surface area contributed by atoms with E-state index >= 15 is 0 Å². The molecule has 0 bridgehead atoms. The van der Waals surface area contributed by atoms with Crippen LogP contribution < -0.4 is 0 Å². The van der Waals surface area contributed by atoms with Crippen molar-refractivity contribution in [3.05, 3.63) is 0 Å². The van der Waals surface area contributed by atoms with Crippen LogP contribution in [0.15, 0.2) is 0 Å². The van der Waals surface area contributed by atoms with E-state index in [2.05, 4.69) is 13.8 Å². The Morgan fingerprint density at radius 2 is 1.61 bits per heavy atom. The second kappa shape index (κ2) is 7.49. The van der Waals surface area contributed by atoms with Gasteiger partial charge in [-0.15, -0.1) is 0 Å². The van der Waals surface area contributed by atoms with Gasteiger partial charge in [0.2, 0.25) is 0 Å². The Hall–Kier alpha value is -0.0800. The monoisotopic (exact) mass is 254 g/mol. The molecule has 18 heavy (non-hydrogen) atoms. The molecule has 2 fully saturated rings. The normalized spacial score (nSPS) is 37.7. The van der Waals surface area contributed by atoms with Crippen molar-refractivity contribution in [2.75, 3.05) is 6.61 Å². The molecule has 106 valence electrons. The van der Waals surface area contributed by atoms with E-state index in [1.165, 1.54) is 51.4 Å². The van der Waals surface area contributed by atoms with Gasteiger partial charge in [-0.25, -0.2) is 0 Å². The van der Waals surface area contributed by atoms with Crippen LogP contribution in [0.2, 0.25) is 0 Å². The van der Waals surface area contributed by atoms with Crippen LogP contribution in [0.5, 0.6) is 0 Å². The Balaban J connectivity index is 1.75. The van der Waals surface area contributed by atoms with Crippen LogP contribution in [0.25, 0.3) is 0 Å². The van der Waals surface area contributed by atoms with Crippen molar-refractivity contribution in [3.8, 4) is 0 Å². The first-order valence-corrected chi connectivity index (χ1v) is 8.10. The topological polar surface area (TPSA) is 18.5 Å². The first kappa shape index (κ1) is 14.3. The molecular formula is C16H30O2. The SMILES string of the molecule is CCCC1CCC(C2OCCC(CCC)O2)CC1. The predicted molar refractivity (Wildman–Crippen MR) is 74.5 cm³/mol. The molecule has 1 saturated carbocycles. The molecule has 0 N–H and O–H groups in total. The van der Waals surface area contributed by atoms with Gasteiger partial charge in [0.05, 0.1) is 12.7 Å². The van der Waals surface area contributed by atoms with Crippen LogP contribution >= 0.6 is 0 Å². The van der Waals surface area contributed by atoms with Crippen LogP contribution in [0.3, 0.4) is 0 Å². The number of ether oxygens (including phenoxy) is 2. The molecule has 2 nitrogen and oxygen atoms in total. The minimum Gasteiger partial charge on any atom is -0.352 e. The maximum atomic E-state index is 6.14. The highest BCUT2D eigenvalue weighted by atomic mass is 16.7. The largest absolute Gasteiger partial charge is 0.352 e. The fraction of sp³-hybridized carbons (Fsp3) is 1.00. The molecule has 2 atom stereocenters. The maximum Gasteiger partial charge on any atom is 0.160 e. The molecule has 2 rings (SSSR count). The lowest BCUT2D eigenvalue weighted by atomic mass is 9.79. The summed E-state index contributed by atoms with van der Waals surface area (Å²) in [6.45, 7) is 5.45. The molecule has 2 heteroatoms. The Bertz CT molecular complexity index is 219. The summed E-state index contributed by atoms with van der Waals surface area (Å²) in [4.78, 5) is 0. The molecule has 1 heterocycles. The molecule has 0 spiro atoms. The Morgan fingerprint density at radius 1 is 0.889 bits per heavy atom. The average molecular weight is 254 g/mol. The fourth-order valence-corrected chi connectivity index (χ4v) is 3.55. The van der Waals surface area contributed by atoms with Crippen LogP contribution in [0, 0.1) is 11.8 Å². The minimum atomic E-state index is 0.109.